The molecule has 5 nitrogen and oxygen atoms in total. The van der Waals surface area contributed by atoms with E-state index in [4.69, 9.17) is 4.84 Å². The van der Waals surface area contributed by atoms with Gasteiger partial charge in [0.2, 0.25) is 0 Å². The molecule has 29 heavy (non-hydrogen) atoms. The zero-order valence-corrected chi connectivity index (χ0v) is 14.8. The highest BCUT2D eigenvalue weighted by Gasteiger charge is 2.46. The van der Waals surface area contributed by atoms with Crippen LogP contribution in [0.5, 0.6) is 5.75 Å². The quantitative estimate of drug-likeness (QED) is 0.503. The van der Waals surface area contributed by atoms with Crippen LogP contribution in [-0.2, 0) is 16.2 Å². The van der Waals surface area contributed by atoms with E-state index in [2.05, 4.69) is 12.1 Å². The number of hydroxylamine groups is 1. The largest absolute Gasteiger partial charge is 0.516 e. The predicted octanol–water partition coefficient (Wildman–Crippen LogP) is 4.66. The van der Waals surface area contributed by atoms with E-state index in [-0.39, 0.29) is 17.5 Å². The van der Waals surface area contributed by atoms with Crippen LogP contribution in [0.25, 0.3) is 5.70 Å². The Morgan fingerprint density at radius 2 is 1.55 bits per heavy atom. The van der Waals surface area contributed by atoms with E-state index in [9.17, 15) is 39.2 Å². The Morgan fingerprint density at radius 1 is 0.966 bits per heavy atom. The highest BCUT2D eigenvalue weighted by molar-refractivity contribution is 7.93. The van der Waals surface area contributed by atoms with Gasteiger partial charge in [-0.05, 0) is 36.4 Å². The van der Waals surface area contributed by atoms with E-state index in [1.54, 1.807) is 0 Å². The Morgan fingerprint density at radius 3 is 2.07 bits per heavy atom. The van der Waals surface area contributed by atoms with Gasteiger partial charge in [0.15, 0.2) is 5.75 Å². The van der Waals surface area contributed by atoms with E-state index in [0.29, 0.717) is 12.1 Å². The van der Waals surface area contributed by atoms with Gasteiger partial charge in [0, 0.05) is 5.56 Å². The molecule has 0 spiro atoms. The molecule has 0 saturated carbocycles. The number of nitrogens with one attached hydrogen (secondary N) is 2. The number of hydrogen-bond donors (Lipinski definition) is 2. The summed E-state index contributed by atoms with van der Waals surface area (Å²) in [6.07, 6.45) is -4.95. The van der Waals surface area contributed by atoms with Crippen molar-refractivity contribution in [2.45, 2.75) is 11.7 Å². The maximum absolute atomic E-state index is 12.9. The molecule has 2 N–H and O–H groups in total. The predicted molar refractivity (Wildman–Crippen MR) is 89.2 cm³/mol. The third-order valence-corrected chi connectivity index (χ3v) is 4.42. The molecule has 0 aromatic heterocycles. The molecular weight excluding hydrogens is 433 g/mol. The van der Waals surface area contributed by atoms with Crippen molar-refractivity contribution in [1.29, 1.82) is 0 Å². The number of alkyl halides is 6. The van der Waals surface area contributed by atoms with Crippen LogP contribution in [0.15, 0.2) is 49.0 Å². The van der Waals surface area contributed by atoms with Gasteiger partial charge in [-0.25, -0.2) is 9.87 Å². The van der Waals surface area contributed by atoms with Gasteiger partial charge < -0.3 is 4.84 Å². The van der Waals surface area contributed by atoms with Crippen molar-refractivity contribution in [2.24, 2.45) is 0 Å². The maximum Gasteiger partial charge on any atom is 0.516 e. The molecule has 13 heteroatoms. The number of benzene rings is 2. The smallest absolute Gasteiger partial charge is 0.382 e. The molecule has 0 radical (unpaired) electrons. The fourth-order valence-corrected chi connectivity index (χ4v) is 2.52. The minimum absolute atomic E-state index is 0.0388. The molecule has 0 aliphatic carbocycles. The highest BCUT2D eigenvalue weighted by Crippen LogP contribution is 2.35. The molecule has 0 fully saturated rings. The molecule has 0 saturated heterocycles. The Bertz CT molecular complexity index is 1000. The van der Waals surface area contributed by atoms with Gasteiger partial charge in [-0.1, -0.05) is 12.6 Å². The molecule has 0 bridgehead atoms. The lowest BCUT2D eigenvalue weighted by molar-refractivity contribution is -0.137. The van der Waals surface area contributed by atoms with E-state index >= 15 is 0 Å². The van der Waals surface area contributed by atoms with Crippen LogP contribution in [-0.4, -0.2) is 13.9 Å². The summed E-state index contributed by atoms with van der Waals surface area (Å²) in [7, 11) is -6.01. The third-order valence-electron chi connectivity index (χ3n) is 3.33. The maximum atomic E-state index is 12.9. The lowest BCUT2D eigenvalue weighted by Gasteiger charge is -2.18. The molecule has 2 aromatic carbocycles. The van der Waals surface area contributed by atoms with Crippen molar-refractivity contribution in [3.63, 3.8) is 0 Å². The molecule has 0 aliphatic rings. The number of anilines is 1. The zero-order valence-electron chi connectivity index (χ0n) is 14.0. The second kappa shape index (κ2) is 7.81. The Hall–Kier alpha value is -2.96. The lowest BCUT2D eigenvalue weighted by atomic mass is 10.1. The molecule has 158 valence electrons. The molecule has 0 amide bonds. The standard InChI is InChI=1S/C16H11F7N2O3S/c1-9(24-28-12-5-3-11(17)4-6-12)13-7-2-10(15(18,19)20)8-14(13)25-29(26,27)16(21,22)23/h2-8,24-25H,1H2. The first kappa shape index (κ1) is 22.3. The summed E-state index contributed by atoms with van der Waals surface area (Å²) in [5.41, 5.74) is -6.87. The third kappa shape index (κ3) is 5.53. The molecule has 0 atom stereocenters. The summed E-state index contributed by atoms with van der Waals surface area (Å²) in [5.74, 6) is -0.542. The fourth-order valence-electron chi connectivity index (χ4n) is 1.95. The van der Waals surface area contributed by atoms with E-state index in [1.807, 2.05) is 0 Å². The van der Waals surface area contributed by atoms with Crippen LogP contribution in [0.3, 0.4) is 0 Å². The molecule has 0 unspecified atom stereocenters. The van der Waals surface area contributed by atoms with Gasteiger partial charge in [-0.15, -0.1) is 0 Å². The van der Waals surface area contributed by atoms with Gasteiger partial charge in [0.05, 0.1) is 16.9 Å². The molecule has 0 aliphatic heterocycles. The normalized spacial score (nSPS) is 12.4. The number of rotatable bonds is 6. The average molecular weight is 444 g/mol. The van der Waals surface area contributed by atoms with Crippen LogP contribution >= 0.6 is 0 Å². The molecule has 2 aromatic rings. The van der Waals surface area contributed by atoms with E-state index in [1.165, 1.54) is 12.1 Å². The minimum atomic E-state index is -6.01. The number of hydrogen-bond acceptors (Lipinski definition) is 4. The van der Waals surface area contributed by atoms with Crippen LogP contribution in [0.4, 0.5) is 36.4 Å². The second-order valence-corrected chi connectivity index (χ2v) is 7.12. The van der Waals surface area contributed by atoms with Crippen LogP contribution in [0, 0.1) is 5.82 Å². The summed E-state index contributed by atoms with van der Waals surface area (Å²) in [6, 6.07) is 5.82. The molecular formula is C16H11F7N2O3S. The Kier molecular flexibility index (Phi) is 6.02. The van der Waals surface area contributed by atoms with Crippen molar-refractivity contribution < 1.29 is 44.0 Å². The Labute approximate surface area is 159 Å². The van der Waals surface area contributed by atoms with Crippen molar-refractivity contribution >= 4 is 21.4 Å². The van der Waals surface area contributed by atoms with Crippen LogP contribution < -0.4 is 15.0 Å². The van der Waals surface area contributed by atoms with E-state index in [0.717, 1.165) is 16.9 Å². The lowest BCUT2D eigenvalue weighted by Crippen LogP contribution is -2.30. The first-order valence-electron chi connectivity index (χ1n) is 7.39. The summed E-state index contributed by atoms with van der Waals surface area (Å²) in [5, 5.41) is 0. The van der Waals surface area contributed by atoms with Gasteiger partial charge >= 0.3 is 21.7 Å². The highest BCUT2D eigenvalue weighted by atomic mass is 32.2. The molecule has 2 rings (SSSR count). The van der Waals surface area contributed by atoms with Crippen molar-refractivity contribution in [3.05, 3.63) is 66.0 Å². The second-order valence-electron chi connectivity index (χ2n) is 5.45. The molecule has 0 heterocycles. The summed E-state index contributed by atoms with van der Waals surface area (Å²) >= 11 is 0. The Balaban J connectivity index is 2.36. The monoisotopic (exact) mass is 444 g/mol. The van der Waals surface area contributed by atoms with Crippen molar-refractivity contribution in [1.82, 2.24) is 5.48 Å². The SMILES string of the molecule is C=C(NOc1ccc(F)cc1)c1ccc(C(F)(F)F)cc1NS(=O)(=O)C(F)(F)F. The number of sulfonamides is 1. The van der Waals surface area contributed by atoms with E-state index < -0.39 is 44.3 Å². The number of halogens is 7. The zero-order chi connectivity index (χ0) is 22.0. The fraction of sp³-hybridized carbons (Fsp3) is 0.125. The van der Waals surface area contributed by atoms with Crippen molar-refractivity contribution in [2.75, 3.05) is 4.72 Å². The summed E-state index contributed by atoms with van der Waals surface area (Å²) in [4.78, 5) is 4.99. The van der Waals surface area contributed by atoms with Gasteiger partial charge in [-0.3, -0.25) is 4.72 Å². The van der Waals surface area contributed by atoms with Crippen molar-refractivity contribution in [3.8, 4) is 5.75 Å². The summed E-state index contributed by atoms with van der Waals surface area (Å²) < 4.78 is 113. The van der Waals surface area contributed by atoms with Gasteiger partial charge in [0.1, 0.15) is 5.82 Å². The van der Waals surface area contributed by atoms with Gasteiger partial charge in [-0.2, -0.15) is 34.8 Å². The average Bonchev–Trinajstić information content (AvgIpc) is 2.59. The van der Waals surface area contributed by atoms with Crippen LogP contribution in [0.2, 0.25) is 0 Å². The summed E-state index contributed by atoms with van der Waals surface area (Å²) in [6.45, 7) is 3.39. The topological polar surface area (TPSA) is 67.4 Å². The first-order valence-corrected chi connectivity index (χ1v) is 8.87. The minimum Gasteiger partial charge on any atom is -0.382 e. The first-order chi connectivity index (χ1) is 13.2. The van der Waals surface area contributed by atoms with Gasteiger partial charge in [0.25, 0.3) is 0 Å². The van der Waals surface area contributed by atoms with Crippen LogP contribution in [0.1, 0.15) is 11.1 Å².